The molecule has 1 heterocycles. The van der Waals surface area contributed by atoms with Gasteiger partial charge in [0.1, 0.15) is 16.5 Å². The Morgan fingerprint density at radius 3 is 2.56 bits per heavy atom. The minimum atomic E-state index is -0.885. The van der Waals surface area contributed by atoms with Crippen molar-refractivity contribution in [3.05, 3.63) is 33.1 Å². The number of nitro benzene ring substituents is 1. The first kappa shape index (κ1) is 12.4. The van der Waals surface area contributed by atoms with Gasteiger partial charge in [-0.15, -0.1) is 0 Å². The van der Waals surface area contributed by atoms with Gasteiger partial charge >= 0.3 is 0 Å². The zero-order valence-corrected chi connectivity index (χ0v) is 9.61. The second-order valence-electron chi connectivity index (χ2n) is 3.68. The number of benzene rings is 1. The third-order valence-corrected chi connectivity index (χ3v) is 2.86. The molecule has 1 aromatic carbocycles. The number of nitro groups is 1. The maximum Gasteiger partial charge on any atom is 0.294 e. The molecule has 6 nitrogen and oxygen atoms in total. The molecule has 18 heavy (non-hydrogen) atoms. The lowest BCUT2D eigenvalue weighted by Gasteiger charge is -2.16. The molecule has 0 unspecified atom stereocenters. The molecule has 0 spiro atoms. The molecule has 8 heteroatoms. The monoisotopic (exact) mass is 272 g/mol. The average molecular weight is 273 g/mol. The molecule has 1 fully saturated rings. The third-order valence-electron chi connectivity index (χ3n) is 2.50. The first-order valence-corrected chi connectivity index (χ1v) is 5.24. The SMILES string of the molecule is O=C1CC(=O)N(c2c([N+](=O)[O-])ccc(F)c2Cl)C1. The van der Waals surface area contributed by atoms with Crippen molar-refractivity contribution in [1.82, 2.24) is 0 Å². The van der Waals surface area contributed by atoms with Crippen LogP contribution in [-0.2, 0) is 9.59 Å². The summed E-state index contributed by atoms with van der Waals surface area (Å²) >= 11 is 5.65. The lowest BCUT2D eigenvalue weighted by atomic mass is 10.2. The zero-order chi connectivity index (χ0) is 13.4. The van der Waals surface area contributed by atoms with Gasteiger partial charge in [0.15, 0.2) is 5.78 Å². The van der Waals surface area contributed by atoms with Crippen LogP contribution >= 0.6 is 11.6 Å². The van der Waals surface area contributed by atoms with Crippen LogP contribution in [0, 0.1) is 15.9 Å². The van der Waals surface area contributed by atoms with E-state index < -0.39 is 33.1 Å². The Morgan fingerprint density at radius 2 is 2.06 bits per heavy atom. The fraction of sp³-hybridized carbons (Fsp3) is 0.200. The summed E-state index contributed by atoms with van der Waals surface area (Å²) in [6.45, 7) is -0.331. The highest BCUT2D eigenvalue weighted by molar-refractivity contribution is 6.35. The number of Topliss-reactive ketones (excluding diaryl/α,β-unsaturated/α-hetero) is 1. The first-order valence-electron chi connectivity index (χ1n) is 4.86. The van der Waals surface area contributed by atoms with Gasteiger partial charge in [-0.1, -0.05) is 11.6 Å². The standard InChI is InChI=1S/C10H6ClFN2O4/c11-9-6(12)1-2-7(14(17)18)10(9)13-4-5(15)3-8(13)16/h1-2H,3-4H2. The van der Waals surface area contributed by atoms with Crippen molar-refractivity contribution in [3.8, 4) is 0 Å². The largest absolute Gasteiger partial charge is 0.297 e. The number of ketones is 1. The molecule has 0 radical (unpaired) electrons. The van der Waals surface area contributed by atoms with Crippen LogP contribution in [0.2, 0.25) is 5.02 Å². The maximum absolute atomic E-state index is 13.3. The van der Waals surface area contributed by atoms with Crippen molar-refractivity contribution in [2.45, 2.75) is 6.42 Å². The van der Waals surface area contributed by atoms with Crippen molar-refractivity contribution in [2.24, 2.45) is 0 Å². The second kappa shape index (κ2) is 4.34. The molecule has 1 saturated heterocycles. The van der Waals surface area contributed by atoms with E-state index in [1.54, 1.807) is 0 Å². The summed E-state index contributed by atoms with van der Waals surface area (Å²) in [5.74, 6) is -1.91. The van der Waals surface area contributed by atoms with Gasteiger partial charge in [0.05, 0.1) is 17.9 Å². The quantitative estimate of drug-likeness (QED) is 0.466. The van der Waals surface area contributed by atoms with Crippen LogP contribution < -0.4 is 4.90 Å². The van der Waals surface area contributed by atoms with Crippen LogP contribution in [0.5, 0.6) is 0 Å². The Balaban J connectivity index is 2.61. The van der Waals surface area contributed by atoms with Gasteiger partial charge in [-0.2, -0.15) is 0 Å². The Morgan fingerprint density at radius 1 is 1.39 bits per heavy atom. The van der Waals surface area contributed by atoms with Gasteiger partial charge < -0.3 is 0 Å². The molecule has 0 aliphatic carbocycles. The molecule has 1 amide bonds. The number of hydrogen-bond donors (Lipinski definition) is 0. The van der Waals surface area contributed by atoms with Crippen molar-refractivity contribution < 1.29 is 18.9 Å². The Labute approximate surface area is 105 Å². The molecule has 0 bridgehead atoms. The van der Waals surface area contributed by atoms with E-state index in [1.807, 2.05) is 0 Å². The van der Waals surface area contributed by atoms with Crippen LogP contribution in [0.1, 0.15) is 6.42 Å². The van der Waals surface area contributed by atoms with Gasteiger partial charge in [-0.05, 0) is 6.07 Å². The summed E-state index contributed by atoms with van der Waals surface area (Å²) in [6, 6.07) is 1.75. The number of nitrogens with zero attached hydrogens (tertiary/aromatic N) is 2. The average Bonchev–Trinajstić information content (AvgIpc) is 2.61. The van der Waals surface area contributed by atoms with Gasteiger partial charge in [0, 0.05) is 6.07 Å². The molecule has 2 rings (SSSR count). The minimum absolute atomic E-state index is 0.331. The van der Waals surface area contributed by atoms with E-state index >= 15 is 0 Å². The van der Waals surface area contributed by atoms with Crippen LogP contribution in [0.25, 0.3) is 0 Å². The zero-order valence-electron chi connectivity index (χ0n) is 8.85. The van der Waals surface area contributed by atoms with Gasteiger partial charge in [0.2, 0.25) is 5.91 Å². The van der Waals surface area contributed by atoms with Crippen molar-refractivity contribution in [3.63, 3.8) is 0 Å². The molecule has 0 N–H and O–H groups in total. The van der Waals surface area contributed by atoms with Crippen LogP contribution in [-0.4, -0.2) is 23.2 Å². The van der Waals surface area contributed by atoms with E-state index in [0.29, 0.717) is 0 Å². The van der Waals surface area contributed by atoms with E-state index in [1.165, 1.54) is 0 Å². The number of carbonyl (C=O) groups is 2. The molecule has 0 atom stereocenters. The van der Waals surface area contributed by atoms with Gasteiger partial charge in [0.25, 0.3) is 5.69 Å². The number of anilines is 1. The van der Waals surface area contributed by atoms with Gasteiger partial charge in [-0.25, -0.2) is 4.39 Å². The summed E-state index contributed by atoms with van der Waals surface area (Å²) in [7, 11) is 0. The minimum Gasteiger partial charge on any atom is -0.297 e. The number of carbonyl (C=O) groups excluding carboxylic acids is 2. The summed E-state index contributed by atoms with van der Waals surface area (Å²) in [5.41, 5.74) is -0.873. The van der Waals surface area contributed by atoms with Gasteiger partial charge in [-0.3, -0.25) is 24.6 Å². The smallest absolute Gasteiger partial charge is 0.294 e. The second-order valence-corrected chi connectivity index (χ2v) is 4.06. The van der Waals surface area contributed by atoms with Crippen molar-refractivity contribution in [2.75, 3.05) is 11.4 Å². The highest BCUT2D eigenvalue weighted by Crippen LogP contribution is 2.38. The molecule has 0 saturated carbocycles. The number of rotatable bonds is 2. The first-order chi connectivity index (χ1) is 8.41. The molecule has 0 aromatic heterocycles. The molecule has 1 aromatic rings. The van der Waals surface area contributed by atoms with E-state index in [-0.39, 0.29) is 18.7 Å². The van der Waals surface area contributed by atoms with Crippen molar-refractivity contribution >= 4 is 34.7 Å². The highest BCUT2D eigenvalue weighted by atomic mass is 35.5. The van der Waals surface area contributed by atoms with E-state index in [4.69, 9.17) is 11.6 Å². The molecule has 1 aliphatic rings. The predicted molar refractivity (Wildman–Crippen MR) is 60.0 cm³/mol. The Bertz CT molecular complexity index is 575. The van der Waals surface area contributed by atoms with Crippen LogP contribution in [0.3, 0.4) is 0 Å². The Kier molecular flexibility index (Phi) is 3.00. The summed E-state index contributed by atoms with van der Waals surface area (Å²) < 4.78 is 13.3. The summed E-state index contributed by atoms with van der Waals surface area (Å²) in [5, 5.41) is 10.3. The number of hydrogen-bond acceptors (Lipinski definition) is 4. The summed E-state index contributed by atoms with van der Waals surface area (Å²) in [4.78, 5) is 33.6. The highest BCUT2D eigenvalue weighted by Gasteiger charge is 2.35. The fourth-order valence-corrected chi connectivity index (χ4v) is 1.98. The fourth-order valence-electron chi connectivity index (χ4n) is 1.72. The predicted octanol–water partition coefficient (Wildman–Crippen LogP) is 1.69. The molecule has 1 aliphatic heterocycles. The molecular weight excluding hydrogens is 267 g/mol. The third kappa shape index (κ3) is 1.92. The maximum atomic E-state index is 13.3. The molecule has 94 valence electrons. The lowest BCUT2D eigenvalue weighted by Crippen LogP contribution is -2.26. The van der Waals surface area contributed by atoms with Crippen LogP contribution in [0.15, 0.2) is 12.1 Å². The lowest BCUT2D eigenvalue weighted by molar-refractivity contribution is -0.384. The summed E-state index contributed by atoms with van der Waals surface area (Å²) in [6.07, 6.45) is -0.357. The van der Waals surface area contributed by atoms with E-state index in [0.717, 1.165) is 17.0 Å². The van der Waals surface area contributed by atoms with Crippen molar-refractivity contribution in [1.29, 1.82) is 0 Å². The van der Waals surface area contributed by atoms with Crippen LogP contribution in [0.4, 0.5) is 15.8 Å². The number of halogens is 2. The molecular formula is C10H6ClFN2O4. The van der Waals surface area contributed by atoms with E-state index in [9.17, 15) is 24.1 Å². The Hall–Kier alpha value is -2.02. The van der Waals surface area contributed by atoms with E-state index in [2.05, 4.69) is 0 Å². The normalized spacial score (nSPS) is 15.3. The topological polar surface area (TPSA) is 80.5 Å². The number of amides is 1.